The van der Waals surface area contributed by atoms with Gasteiger partial charge in [0.15, 0.2) is 0 Å². The molecule has 5 heteroatoms. The van der Waals surface area contributed by atoms with Gasteiger partial charge in [-0.2, -0.15) is 8.42 Å². The highest BCUT2D eigenvalue weighted by Crippen LogP contribution is 2.32. The molecule has 0 unspecified atom stereocenters. The molecule has 2 aromatic rings. The van der Waals surface area contributed by atoms with Gasteiger partial charge in [0.25, 0.3) is 10.1 Å². The topological polar surface area (TPSA) is 67.5 Å². The molecule has 4 nitrogen and oxygen atoms in total. The molecule has 0 saturated heterocycles. The van der Waals surface area contributed by atoms with Crippen molar-refractivity contribution in [1.29, 1.82) is 0 Å². The van der Waals surface area contributed by atoms with Crippen LogP contribution >= 0.6 is 0 Å². The molecule has 3 rings (SSSR count). The van der Waals surface area contributed by atoms with Crippen molar-refractivity contribution in [3.05, 3.63) is 29.5 Å². The second kappa shape index (κ2) is 3.58. The molecule has 1 N–H and O–H groups in total. The Morgan fingerprint density at radius 1 is 1.18 bits per heavy atom. The van der Waals surface area contributed by atoms with Crippen molar-refractivity contribution in [2.24, 2.45) is 0 Å². The first-order valence-electron chi connectivity index (χ1n) is 5.57. The van der Waals surface area contributed by atoms with E-state index in [2.05, 4.69) is 0 Å². The van der Waals surface area contributed by atoms with Gasteiger partial charge in [-0.15, -0.1) is 0 Å². The van der Waals surface area contributed by atoms with Crippen LogP contribution in [0.5, 0.6) is 0 Å². The van der Waals surface area contributed by atoms with E-state index >= 15 is 0 Å². The number of aryl methyl sites for hydroxylation is 2. The van der Waals surface area contributed by atoms with Gasteiger partial charge in [0.2, 0.25) is 0 Å². The van der Waals surface area contributed by atoms with E-state index in [0.29, 0.717) is 5.58 Å². The summed E-state index contributed by atoms with van der Waals surface area (Å²) in [4.78, 5) is -0.115. The lowest BCUT2D eigenvalue weighted by Gasteiger charge is -2.08. The Labute approximate surface area is 99.0 Å². The van der Waals surface area contributed by atoms with Crippen molar-refractivity contribution in [3.8, 4) is 0 Å². The molecule has 0 radical (unpaired) electrons. The summed E-state index contributed by atoms with van der Waals surface area (Å²) in [5.74, 6) is 0.957. The molecule has 1 aliphatic rings. The second-order valence-electron chi connectivity index (χ2n) is 4.34. The Hall–Kier alpha value is -1.33. The fourth-order valence-corrected chi connectivity index (χ4v) is 2.90. The lowest BCUT2D eigenvalue weighted by atomic mass is 9.96. The zero-order valence-corrected chi connectivity index (χ0v) is 9.96. The van der Waals surface area contributed by atoms with Crippen molar-refractivity contribution < 1.29 is 17.4 Å². The van der Waals surface area contributed by atoms with Gasteiger partial charge in [-0.1, -0.05) is 0 Å². The van der Waals surface area contributed by atoms with Gasteiger partial charge in [-0.25, -0.2) is 0 Å². The molecule has 0 amide bonds. The number of furan rings is 1. The van der Waals surface area contributed by atoms with Crippen LogP contribution in [-0.4, -0.2) is 13.0 Å². The van der Waals surface area contributed by atoms with Crippen LogP contribution in [0.25, 0.3) is 11.0 Å². The first-order valence-corrected chi connectivity index (χ1v) is 7.01. The Bertz CT molecular complexity index is 682. The van der Waals surface area contributed by atoms with Crippen LogP contribution < -0.4 is 0 Å². The van der Waals surface area contributed by atoms with Gasteiger partial charge in [-0.05, 0) is 31.4 Å². The summed E-state index contributed by atoms with van der Waals surface area (Å²) in [6.45, 7) is 0. The lowest BCUT2D eigenvalue weighted by molar-refractivity contribution is 0.482. The van der Waals surface area contributed by atoms with Crippen LogP contribution in [0, 0.1) is 0 Å². The first kappa shape index (κ1) is 10.8. The minimum Gasteiger partial charge on any atom is -0.461 e. The molecule has 90 valence electrons. The third kappa shape index (κ3) is 1.75. The van der Waals surface area contributed by atoms with Crippen molar-refractivity contribution in [2.75, 3.05) is 0 Å². The average molecular weight is 252 g/mol. The van der Waals surface area contributed by atoms with Crippen LogP contribution in [-0.2, 0) is 23.0 Å². The molecule has 17 heavy (non-hydrogen) atoms. The molecule has 0 bridgehead atoms. The highest BCUT2D eigenvalue weighted by atomic mass is 32.2. The van der Waals surface area contributed by atoms with Crippen molar-refractivity contribution in [1.82, 2.24) is 0 Å². The van der Waals surface area contributed by atoms with Crippen molar-refractivity contribution in [3.63, 3.8) is 0 Å². The second-order valence-corrected chi connectivity index (χ2v) is 5.77. The molecule has 1 aliphatic carbocycles. The maximum Gasteiger partial charge on any atom is 0.294 e. The van der Waals surface area contributed by atoms with E-state index in [1.807, 2.05) is 0 Å². The van der Waals surface area contributed by atoms with E-state index in [1.165, 1.54) is 17.7 Å². The first-order chi connectivity index (χ1) is 8.05. The number of hydrogen-bond donors (Lipinski definition) is 1. The van der Waals surface area contributed by atoms with Gasteiger partial charge in [0, 0.05) is 23.4 Å². The Morgan fingerprint density at radius 3 is 2.71 bits per heavy atom. The number of rotatable bonds is 1. The van der Waals surface area contributed by atoms with Crippen LogP contribution in [0.2, 0.25) is 0 Å². The summed E-state index contributed by atoms with van der Waals surface area (Å²) in [6, 6.07) is 4.52. The summed E-state index contributed by atoms with van der Waals surface area (Å²) < 4.78 is 36.7. The van der Waals surface area contributed by atoms with Crippen LogP contribution in [0.3, 0.4) is 0 Å². The third-order valence-electron chi connectivity index (χ3n) is 3.23. The maximum atomic E-state index is 11.0. The van der Waals surface area contributed by atoms with Gasteiger partial charge >= 0.3 is 0 Å². The Balaban J connectivity index is 2.25. The van der Waals surface area contributed by atoms with Crippen molar-refractivity contribution in [2.45, 2.75) is 30.6 Å². The molecular weight excluding hydrogens is 240 g/mol. The molecule has 1 aromatic heterocycles. The van der Waals surface area contributed by atoms with Gasteiger partial charge < -0.3 is 4.42 Å². The monoisotopic (exact) mass is 252 g/mol. The van der Waals surface area contributed by atoms with E-state index in [0.717, 1.165) is 36.8 Å². The summed E-state index contributed by atoms with van der Waals surface area (Å²) in [5, 5.41) is 0.965. The number of fused-ring (bicyclic) bond motifs is 3. The molecule has 1 aromatic carbocycles. The Kier molecular flexibility index (Phi) is 2.27. The SMILES string of the molecule is O=S(=O)(O)c1ccc2c3c(oc2c1)CCCC3. The largest absolute Gasteiger partial charge is 0.461 e. The minimum atomic E-state index is -4.16. The normalized spacial score (nSPS) is 16.1. The predicted octanol–water partition coefficient (Wildman–Crippen LogP) is 2.56. The molecule has 1 heterocycles. The van der Waals surface area contributed by atoms with Crippen LogP contribution in [0.15, 0.2) is 27.5 Å². The zero-order chi connectivity index (χ0) is 12.0. The van der Waals surface area contributed by atoms with Gasteiger partial charge in [0.05, 0.1) is 4.90 Å². The summed E-state index contributed by atoms with van der Waals surface area (Å²) in [7, 11) is -4.16. The average Bonchev–Trinajstić information content (AvgIpc) is 2.65. The predicted molar refractivity (Wildman–Crippen MR) is 62.7 cm³/mol. The highest BCUT2D eigenvalue weighted by Gasteiger charge is 2.19. The quantitative estimate of drug-likeness (QED) is 0.792. The molecule has 0 spiro atoms. The summed E-state index contributed by atoms with van der Waals surface area (Å²) in [5.41, 5.74) is 1.74. The van der Waals surface area contributed by atoms with E-state index in [4.69, 9.17) is 8.97 Å². The fraction of sp³-hybridized carbons (Fsp3) is 0.333. The number of benzene rings is 1. The number of hydrogen-bond acceptors (Lipinski definition) is 3. The smallest absolute Gasteiger partial charge is 0.294 e. The van der Waals surface area contributed by atoms with Crippen molar-refractivity contribution >= 4 is 21.1 Å². The standard InChI is InChI=1S/C12H12O4S/c13-17(14,15)8-5-6-10-9-3-1-2-4-11(9)16-12(10)7-8/h5-7H,1-4H2,(H,13,14,15). The van der Waals surface area contributed by atoms with E-state index < -0.39 is 10.1 Å². The molecular formula is C12H12O4S. The highest BCUT2D eigenvalue weighted by molar-refractivity contribution is 7.85. The van der Waals surface area contributed by atoms with E-state index in [1.54, 1.807) is 6.07 Å². The summed E-state index contributed by atoms with van der Waals surface area (Å²) >= 11 is 0. The third-order valence-corrected chi connectivity index (χ3v) is 4.08. The van der Waals surface area contributed by atoms with Crippen LogP contribution in [0.4, 0.5) is 0 Å². The molecule has 0 saturated carbocycles. The van der Waals surface area contributed by atoms with E-state index in [9.17, 15) is 8.42 Å². The zero-order valence-electron chi connectivity index (χ0n) is 9.14. The molecule has 0 atom stereocenters. The maximum absolute atomic E-state index is 11.0. The summed E-state index contributed by atoms with van der Waals surface area (Å²) in [6.07, 6.45) is 4.14. The lowest BCUT2D eigenvalue weighted by Crippen LogP contribution is -1.99. The van der Waals surface area contributed by atoms with E-state index in [-0.39, 0.29) is 4.90 Å². The molecule has 0 aliphatic heterocycles. The van der Waals surface area contributed by atoms with Gasteiger partial charge in [-0.3, -0.25) is 4.55 Å². The minimum absolute atomic E-state index is 0.115. The van der Waals surface area contributed by atoms with Gasteiger partial charge in [0.1, 0.15) is 11.3 Å². The fourth-order valence-electron chi connectivity index (χ4n) is 2.40. The Morgan fingerprint density at radius 2 is 1.94 bits per heavy atom. The van der Waals surface area contributed by atoms with Crippen LogP contribution in [0.1, 0.15) is 24.2 Å². The molecule has 0 fully saturated rings.